The van der Waals surface area contributed by atoms with E-state index in [1.54, 1.807) is 24.3 Å². The van der Waals surface area contributed by atoms with Gasteiger partial charge in [-0.3, -0.25) is 13.9 Å². The average molecular weight is 648 g/mol. The maximum absolute atomic E-state index is 14.5. The fourth-order valence-corrected chi connectivity index (χ4v) is 6.69. The van der Waals surface area contributed by atoms with Crippen molar-refractivity contribution in [3.63, 3.8) is 0 Å². The zero-order valence-corrected chi connectivity index (χ0v) is 27.4. The maximum atomic E-state index is 14.5. The second-order valence-corrected chi connectivity index (χ2v) is 13.0. The lowest BCUT2D eigenvalue weighted by atomic mass is 10.0. The highest BCUT2D eigenvalue weighted by molar-refractivity contribution is 7.92. The third-order valence-electron chi connectivity index (χ3n) is 7.37. The smallest absolute Gasteiger partial charge is 0.264 e. The number of carbonyl (C=O) groups excluding carboxylic acids is 2. The van der Waals surface area contributed by atoms with Crippen LogP contribution in [0.5, 0.6) is 5.75 Å². The third kappa shape index (κ3) is 8.44. The maximum Gasteiger partial charge on any atom is 0.264 e. The summed E-state index contributed by atoms with van der Waals surface area (Å²) in [6.07, 6.45) is 0.239. The quantitative estimate of drug-likeness (QED) is 0.194. The number of nitrogens with zero attached hydrogens (tertiary/aromatic N) is 2. The summed E-state index contributed by atoms with van der Waals surface area (Å²) in [5, 5.41) is 3.06. The monoisotopic (exact) mass is 647 g/mol. The molecule has 45 heavy (non-hydrogen) atoms. The van der Waals surface area contributed by atoms with Crippen LogP contribution in [-0.4, -0.2) is 51.4 Å². The lowest BCUT2D eigenvalue weighted by Gasteiger charge is -2.34. The second kappa shape index (κ2) is 15.1. The summed E-state index contributed by atoms with van der Waals surface area (Å²) < 4.78 is 34.6. The fraction of sp³-hybridized carbons (Fsp3) is 0.257. The van der Waals surface area contributed by atoms with Crippen molar-refractivity contribution >= 4 is 39.1 Å². The van der Waals surface area contributed by atoms with Crippen molar-refractivity contribution in [3.05, 3.63) is 124 Å². The third-order valence-corrected chi connectivity index (χ3v) is 9.45. The number of anilines is 1. The molecule has 1 N–H and O–H groups in total. The highest BCUT2D eigenvalue weighted by Crippen LogP contribution is 2.32. The van der Waals surface area contributed by atoms with Crippen LogP contribution >= 0.6 is 11.6 Å². The summed E-state index contributed by atoms with van der Waals surface area (Å²) in [7, 11) is -2.78. The number of methoxy groups -OCH3 is 1. The summed E-state index contributed by atoms with van der Waals surface area (Å²) in [6, 6.07) is 27.1. The van der Waals surface area contributed by atoms with Gasteiger partial charge in [0.1, 0.15) is 18.3 Å². The van der Waals surface area contributed by atoms with E-state index in [1.165, 1.54) is 30.2 Å². The van der Waals surface area contributed by atoms with Crippen LogP contribution in [0.3, 0.4) is 0 Å². The first-order chi connectivity index (χ1) is 21.5. The number of sulfonamides is 1. The molecule has 4 rings (SSSR count). The molecule has 0 heterocycles. The highest BCUT2D eigenvalue weighted by Gasteiger charge is 2.34. The Labute approximate surface area is 270 Å². The van der Waals surface area contributed by atoms with E-state index in [9.17, 15) is 18.0 Å². The molecule has 0 aliphatic heterocycles. The van der Waals surface area contributed by atoms with E-state index in [4.69, 9.17) is 16.3 Å². The Kier molecular flexibility index (Phi) is 11.3. The molecule has 4 aromatic rings. The first kappa shape index (κ1) is 33.6. The van der Waals surface area contributed by atoms with Crippen LogP contribution in [0.25, 0.3) is 0 Å². The highest BCUT2D eigenvalue weighted by atomic mass is 35.5. The number of benzene rings is 4. The van der Waals surface area contributed by atoms with Crippen LogP contribution in [0.4, 0.5) is 5.69 Å². The van der Waals surface area contributed by atoms with E-state index in [0.29, 0.717) is 12.3 Å². The Bertz CT molecular complexity index is 1730. The summed E-state index contributed by atoms with van der Waals surface area (Å²) in [4.78, 5) is 29.6. The number of nitrogens with one attached hydrogen (secondary N) is 1. The van der Waals surface area contributed by atoms with Crippen LogP contribution in [0, 0.1) is 13.8 Å². The molecule has 0 radical (unpaired) electrons. The van der Waals surface area contributed by atoms with E-state index in [0.717, 1.165) is 26.6 Å². The van der Waals surface area contributed by atoms with Gasteiger partial charge in [-0.15, -0.1) is 0 Å². The summed E-state index contributed by atoms with van der Waals surface area (Å²) >= 11 is 6.43. The van der Waals surface area contributed by atoms with Crippen LogP contribution in [-0.2, 0) is 32.6 Å². The standard InChI is InChI=1S/C35H38ClN3O5S/c1-5-37-35(41)32(21-27-11-7-6-8-12-27)38(23-28-13-9-10-26(3)20-28)34(40)24-39(29-16-19-33(44-4)31(36)22-29)45(42,43)30-17-14-25(2)15-18-30/h6-20,22,32H,5,21,23-24H2,1-4H3,(H,37,41). The predicted octanol–water partition coefficient (Wildman–Crippen LogP) is 5.94. The molecule has 236 valence electrons. The van der Waals surface area contributed by atoms with Crippen molar-refractivity contribution in [3.8, 4) is 5.75 Å². The molecule has 2 amide bonds. The topological polar surface area (TPSA) is 96.0 Å². The van der Waals surface area contributed by atoms with E-state index in [1.807, 2.05) is 75.4 Å². The van der Waals surface area contributed by atoms with E-state index in [-0.39, 0.29) is 34.5 Å². The van der Waals surface area contributed by atoms with Crippen molar-refractivity contribution < 1.29 is 22.7 Å². The molecule has 0 saturated carbocycles. The first-order valence-corrected chi connectivity index (χ1v) is 16.4. The minimum atomic E-state index is -4.24. The fourth-order valence-electron chi connectivity index (χ4n) is 5.03. The number of amides is 2. The Morgan fingerprint density at radius 1 is 0.867 bits per heavy atom. The van der Waals surface area contributed by atoms with E-state index >= 15 is 0 Å². The Morgan fingerprint density at radius 2 is 1.56 bits per heavy atom. The Balaban J connectivity index is 1.82. The van der Waals surface area contributed by atoms with Gasteiger partial charge >= 0.3 is 0 Å². The van der Waals surface area contributed by atoms with Crippen molar-refractivity contribution in [2.75, 3.05) is 24.5 Å². The van der Waals surface area contributed by atoms with Gasteiger partial charge in [0, 0.05) is 19.5 Å². The Morgan fingerprint density at radius 3 is 2.18 bits per heavy atom. The van der Waals surface area contributed by atoms with E-state index in [2.05, 4.69) is 5.32 Å². The number of hydrogen-bond acceptors (Lipinski definition) is 5. The molecule has 0 aromatic heterocycles. The number of ether oxygens (including phenoxy) is 1. The van der Waals surface area contributed by atoms with Crippen molar-refractivity contribution in [2.24, 2.45) is 0 Å². The molecule has 0 aliphatic carbocycles. The van der Waals surface area contributed by atoms with Gasteiger partial charge in [-0.1, -0.05) is 89.5 Å². The number of carbonyl (C=O) groups is 2. The number of halogens is 1. The van der Waals surface area contributed by atoms with Crippen LogP contribution < -0.4 is 14.4 Å². The van der Waals surface area contributed by atoms with Crippen molar-refractivity contribution in [1.29, 1.82) is 0 Å². The van der Waals surface area contributed by atoms with Crippen molar-refractivity contribution in [1.82, 2.24) is 10.2 Å². The molecule has 1 atom stereocenters. The molecule has 8 nitrogen and oxygen atoms in total. The second-order valence-electron chi connectivity index (χ2n) is 10.8. The SMILES string of the molecule is CCNC(=O)C(Cc1ccccc1)N(Cc1cccc(C)c1)C(=O)CN(c1ccc(OC)c(Cl)c1)S(=O)(=O)c1ccc(C)cc1. The number of hydrogen-bond donors (Lipinski definition) is 1. The summed E-state index contributed by atoms with van der Waals surface area (Å²) in [5.74, 6) is -0.520. The van der Waals surface area contributed by atoms with Gasteiger partial charge < -0.3 is 15.0 Å². The molecule has 4 aromatic carbocycles. The predicted molar refractivity (Wildman–Crippen MR) is 178 cm³/mol. The molecule has 10 heteroatoms. The van der Waals surface area contributed by atoms with Gasteiger partial charge in [0.25, 0.3) is 10.0 Å². The summed E-state index contributed by atoms with van der Waals surface area (Å²) in [5.41, 5.74) is 3.74. The molecular weight excluding hydrogens is 610 g/mol. The largest absolute Gasteiger partial charge is 0.495 e. The normalized spacial score (nSPS) is 11.8. The van der Waals surface area contributed by atoms with Gasteiger partial charge in [0.2, 0.25) is 11.8 Å². The van der Waals surface area contributed by atoms with Gasteiger partial charge in [-0.2, -0.15) is 0 Å². The lowest BCUT2D eigenvalue weighted by molar-refractivity contribution is -0.140. The molecule has 0 bridgehead atoms. The van der Waals surface area contributed by atoms with Gasteiger partial charge in [0.05, 0.1) is 22.7 Å². The number of aryl methyl sites for hydroxylation is 2. The number of likely N-dealkylation sites (N-methyl/N-ethyl adjacent to an activating group) is 1. The summed E-state index contributed by atoms with van der Waals surface area (Å²) in [6.45, 7) is 5.51. The lowest BCUT2D eigenvalue weighted by Crippen LogP contribution is -2.53. The number of rotatable bonds is 13. The minimum Gasteiger partial charge on any atom is -0.495 e. The van der Waals surface area contributed by atoms with Gasteiger partial charge in [0.15, 0.2) is 0 Å². The molecule has 0 fully saturated rings. The first-order valence-electron chi connectivity index (χ1n) is 14.6. The zero-order valence-electron chi connectivity index (χ0n) is 25.9. The molecule has 0 aliphatic rings. The van der Waals surface area contributed by atoms with E-state index < -0.39 is 28.5 Å². The van der Waals surface area contributed by atoms with Crippen molar-refractivity contribution in [2.45, 2.75) is 44.7 Å². The average Bonchev–Trinajstić information content (AvgIpc) is 3.02. The van der Waals surface area contributed by atoms with Gasteiger partial charge in [-0.25, -0.2) is 8.42 Å². The minimum absolute atomic E-state index is 0.0163. The molecule has 1 unspecified atom stereocenters. The van der Waals surface area contributed by atoms with Crippen LogP contribution in [0.15, 0.2) is 102 Å². The molecular formula is C35H38ClN3O5S. The molecule has 0 spiro atoms. The van der Waals surface area contributed by atoms with Crippen LogP contribution in [0.2, 0.25) is 5.02 Å². The molecule has 0 saturated heterocycles. The zero-order chi connectivity index (χ0) is 32.6. The van der Waals surface area contributed by atoms with Crippen LogP contribution in [0.1, 0.15) is 29.2 Å². The van der Waals surface area contributed by atoms with Gasteiger partial charge in [-0.05, 0) is 62.2 Å². The Hall–Kier alpha value is -4.34.